The van der Waals surface area contributed by atoms with Crippen LogP contribution in [-0.2, 0) is 4.79 Å². The molecule has 0 spiro atoms. The number of aromatic nitrogens is 2. The number of piperidine rings is 1. The van der Waals surface area contributed by atoms with E-state index in [2.05, 4.69) is 9.97 Å². The Balaban J connectivity index is 1.70. The molecule has 0 atom stereocenters. The molecular formula is C19H21N3O3. The number of aliphatic carboxylic acids is 1. The molecule has 0 radical (unpaired) electrons. The standard InChI is InChI=1S/C19H21N3O3/c1-13-16(12-20-18(21-13)15-5-3-2-4-6-15)19(25)22-9-7-14(8-10-22)11-17(23)24/h2-6,12,14H,7-11H2,1H3,(H,23,24). The lowest BCUT2D eigenvalue weighted by Gasteiger charge is -2.31. The van der Waals surface area contributed by atoms with E-state index in [0.717, 1.165) is 18.4 Å². The summed E-state index contributed by atoms with van der Waals surface area (Å²) in [5.74, 6) is -0.0921. The molecule has 1 N–H and O–H groups in total. The summed E-state index contributed by atoms with van der Waals surface area (Å²) in [4.78, 5) is 34.1. The quantitative estimate of drug-likeness (QED) is 0.926. The van der Waals surface area contributed by atoms with Crippen LogP contribution >= 0.6 is 0 Å². The van der Waals surface area contributed by atoms with Crippen molar-refractivity contribution in [1.82, 2.24) is 14.9 Å². The number of carboxylic acids is 1. The van der Waals surface area contributed by atoms with Gasteiger partial charge in [-0.1, -0.05) is 30.3 Å². The highest BCUT2D eigenvalue weighted by molar-refractivity contribution is 5.95. The van der Waals surface area contributed by atoms with Crippen LogP contribution in [0, 0.1) is 12.8 Å². The Labute approximate surface area is 146 Å². The van der Waals surface area contributed by atoms with Crippen molar-refractivity contribution in [2.75, 3.05) is 13.1 Å². The van der Waals surface area contributed by atoms with E-state index in [0.29, 0.717) is 30.2 Å². The van der Waals surface area contributed by atoms with Gasteiger partial charge in [0.25, 0.3) is 5.91 Å². The van der Waals surface area contributed by atoms with Crippen LogP contribution in [0.25, 0.3) is 11.4 Å². The second-order valence-corrected chi connectivity index (χ2v) is 6.39. The first-order valence-electron chi connectivity index (χ1n) is 8.44. The first kappa shape index (κ1) is 17.1. The maximum atomic E-state index is 12.7. The predicted molar refractivity (Wildman–Crippen MR) is 93.1 cm³/mol. The van der Waals surface area contributed by atoms with Crippen molar-refractivity contribution < 1.29 is 14.7 Å². The zero-order valence-electron chi connectivity index (χ0n) is 14.2. The molecule has 1 aromatic carbocycles. The molecule has 2 aromatic rings. The third-order valence-corrected chi connectivity index (χ3v) is 4.61. The molecule has 0 unspecified atom stereocenters. The number of hydrogen-bond donors (Lipinski definition) is 1. The monoisotopic (exact) mass is 339 g/mol. The number of rotatable bonds is 4. The fourth-order valence-corrected chi connectivity index (χ4v) is 3.16. The normalized spacial score (nSPS) is 15.2. The Kier molecular flexibility index (Phi) is 5.07. The smallest absolute Gasteiger partial charge is 0.303 e. The minimum atomic E-state index is -0.773. The van der Waals surface area contributed by atoms with Gasteiger partial charge in [-0.05, 0) is 25.7 Å². The van der Waals surface area contributed by atoms with E-state index < -0.39 is 5.97 Å². The van der Waals surface area contributed by atoms with Crippen molar-refractivity contribution in [3.05, 3.63) is 47.8 Å². The van der Waals surface area contributed by atoms with Crippen LogP contribution in [0.15, 0.2) is 36.5 Å². The number of benzene rings is 1. The van der Waals surface area contributed by atoms with Crippen molar-refractivity contribution in [2.45, 2.75) is 26.2 Å². The van der Waals surface area contributed by atoms with Gasteiger partial charge in [-0.3, -0.25) is 9.59 Å². The van der Waals surface area contributed by atoms with Gasteiger partial charge in [0, 0.05) is 31.3 Å². The van der Waals surface area contributed by atoms with Crippen LogP contribution < -0.4 is 0 Å². The highest BCUT2D eigenvalue weighted by Crippen LogP contribution is 2.23. The van der Waals surface area contributed by atoms with Crippen LogP contribution in [0.3, 0.4) is 0 Å². The van der Waals surface area contributed by atoms with E-state index in [1.54, 1.807) is 11.1 Å². The molecule has 0 aliphatic carbocycles. The van der Waals surface area contributed by atoms with Crippen LogP contribution in [0.5, 0.6) is 0 Å². The van der Waals surface area contributed by atoms with E-state index in [1.165, 1.54) is 0 Å². The summed E-state index contributed by atoms with van der Waals surface area (Å²) in [5.41, 5.74) is 2.09. The van der Waals surface area contributed by atoms with Gasteiger partial charge in [-0.15, -0.1) is 0 Å². The van der Waals surface area contributed by atoms with E-state index in [9.17, 15) is 9.59 Å². The van der Waals surface area contributed by atoms with Gasteiger partial charge in [0.2, 0.25) is 0 Å². The van der Waals surface area contributed by atoms with Crippen LogP contribution in [0.1, 0.15) is 35.3 Å². The van der Waals surface area contributed by atoms with Crippen molar-refractivity contribution in [2.24, 2.45) is 5.92 Å². The average Bonchev–Trinajstić information content (AvgIpc) is 2.62. The zero-order chi connectivity index (χ0) is 17.8. The lowest BCUT2D eigenvalue weighted by atomic mass is 9.93. The first-order valence-corrected chi connectivity index (χ1v) is 8.44. The number of amides is 1. The van der Waals surface area contributed by atoms with Crippen LogP contribution in [0.4, 0.5) is 0 Å². The van der Waals surface area contributed by atoms with Gasteiger partial charge < -0.3 is 10.0 Å². The molecule has 25 heavy (non-hydrogen) atoms. The summed E-state index contributed by atoms with van der Waals surface area (Å²) in [6.07, 6.45) is 3.21. The maximum Gasteiger partial charge on any atom is 0.303 e. The molecule has 130 valence electrons. The molecule has 0 saturated carbocycles. The molecule has 6 heteroatoms. The zero-order valence-corrected chi connectivity index (χ0v) is 14.2. The Bertz CT molecular complexity index is 769. The van der Waals surface area contributed by atoms with E-state index in [4.69, 9.17) is 5.11 Å². The SMILES string of the molecule is Cc1nc(-c2ccccc2)ncc1C(=O)N1CCC(CC(=O)O)CC1. The van der Waals surface area contributed by atoms with Crippen molar-refractivity contribution in [3.8, 4) is 11.4 Å². The molecule has 1 amide bonds. The Morgan fingerprint density at radius 2 is 1.88 bits per heavy atom. The Morgan fingerprint density at radius 1 is 1.20 bits per heavy atom. The highest BCUT2D eigenvalue weighted by atomic mass is 16.4. The van der Waals surface area contributed by atoms with Crippen LogP contribution in [0.2, 0.25) is 0 Å². The van der Waals surface area contributed by atoms with Gasteiger partial charge in [0.15, 0.2) is 5.82 Å². The van der Waals surface area contributed by atoms with Crippen molar-refractivity contribution in [3.63, 3.8) is 0 Å². The van der Waals surface area contributed by atoms with Gasteiger partial charge in [-0.2, -0.15) is 0 Å². The predicted octanol–water partition coefficient (Wildman–Crippen LogP) is 2.78. The second-order valence-electron chi connectivity index (χ2n) is 6.39. The molecule has 1 aliphatic heterocycles. The molecule has 0 bridgehead atoms. The number of carbonyl (C=O) groups is 2. The van der Waals surface area contributed by atoms with E-state index in [1.807, 2.05) is 37.3 Å². The molecule has 3 rings (SSSR count). The molecule has 1 saturated heterocycles. The average molecular weight is 339 g/mol. The third-order valence-electron chi connectivity index (χ3n) is 4.61. The first-order chi connectivity index (χ1) is 12.0. The summed E-state index contributed by atoms with van der Waals surface area (Å²) in [6, 6.07) is 9.65. The molecular weight excluding hydrogens is 318 g/mol. The van der Waals surface area contributed by atoms with Gasteiger partial charge in [-0.25, -0.2) is 9.97 Å². The second kappa shape index (κ2) is 7.42. The third kappa shape index (κ3) is 4.02. The highest BCUT2D eigenvalue weighted by Gasteiger charge is 2.26. The largest absolute Gasteiger partial charge is 0.481 e. The van der Waals surface area contributed by atoms with Gasteiger partial charge >= 0.3 is 5.97 Å². The number of aryl methyl sites for hydroxylation is 1. The minimum Gasteiger partial charge on any atom is -0.481 e. The van der Waals surface area contributed by atoms with E-state index >= 15 is 0 Å². The number of nitrogens with zero attached hydrogens (tertiary/aromatic N) is 3. The summed E-state index contributed by atoms with van der Waals surface area (Å²) in [6.45, 7) is 2.98. The molecule has 1 aliphatic rings. The lowest BCUT2D eigenvalue weighted by molar-refractivity contribution is -0.138. The maximum absolute atomic E-state index is 12.7. The fraction of sp³-hybridized carbons (Fsp3) is 0.368. The number of carboxylic acid groups (broad SMARTS) is 1. The molecule has 1 aromatic heterocycles. The Morgan fingerprint density at radius 3 is 2.48 bits per heavy atom. The molecule has 2 heterocycles. The minimum absolute atomic E-state index is 0.0779. The van der Waals surface area contributed by atoms with Crippen molar-refractivity contribution >= 4 is 11.9 Å². The summed E-state index contributed by atoms with van der Waals surface area (Å²) >= 11 is 0. The number of carbonyl (C=O) groups excluding carboxylic acids is 1. The fourth-order valence-electron chi connectivity index (χ4n) is 3.16. The number of hydrogen-bond acceptors (Lipinski definition) is 4. The summed E-state index contributed by atoms with van der Waals surface area (Å²) in [7, 11) is 0. The summed E-state index contributed by atoms with van der Waals surface area (Å²) in [5, 5.41) is 8.88. The molecule has 6 nitrogen and oxygen atoms in total. The van der Waals surface area contributed by atoms with Gasteiger partial charge in [0.1, 0.15) is 0 Å². The number of likely N-dealkylation sites (tertiary alicyclic amines) is 1. The topological polar surface area (TPSA) is 83.4 Å². The van der Waals surface area contributed by atoms with Gasteiger partial charge in [0.05, 0.1) is 11.3 Å². The van der Waals surface area contributed by atoms with Crippen LogP contribution in [-0.4, -0.2) is 44.9 Å². The van der Waals surface area contributed by atoms with E-state index in [-0.39, 0.29) is 18.2 Å². The summed E-state index contributed by atoms with van der Waals surface area (Å²) < 4.78 is 0. The lowest BCUT2D eigenvalue weighted by Crippen LogP contribution is -2.39. The molecule has 1 fully saturated rings. The Hall–Kier alpha value is -2.76. The van der Waals surface area contributed by atoms with Crippen molar-refractivity contribution in [1.29, 1.82) is 0 Å².